The van der Waals surface area contributed by atoms with Crippen LogP contribution in [0.5, 0.6) is 5.75 Å². The summed E-state index contributed by atoms with van der Waals surface area (Å²) in [5.41, 5.74) is 5.53. The van der Waals surface area contributed by atoms with Gasteiger partial charge in [0.25, 0.3) is 0 Å². The van der Waals surface area contributed by atoms with Gasteiger partial charge in [-0.3, -0.25) is 0 Å². The molecular formula is C11H12F3NO. The SMILES string of the molecule is COc1ccc(C2CC2N)cc1C(F)(F)F. The van der Waals surface area contributed by atoms with Gasteiger partial charge < -0.3 is 10.5 Å². The largest absolute Gasteiger partial charge is 0.496 e. The standard InChI is InChI=1S/C11H12F3NO/c1-16-10-3-2-6(7-5-9(7)15)4-8(10)11(12,13)14/h2-4,7,9H,5,15H2,1H3. The Kier molecular flexibility index (Phi) is 2.58. The summed E-state index contributed by atoms with van der Waals surface area (Å²) in [5.74, 6) is -0.0857. The molecule has 1 aromatic rings. The number of methoxy groups -OCH3 is 1. The fraction of sp³-hybridized carbons (Fsp3) is 0.455. The minimum Gasteiger partial charge on any atom is -0.496 e. The van der Waals surface area contributed by atoms with Gasteiger partial charge in [-0.2, -0.15) is 13.2 Å². The molecule has 2 rings (SSSR count). The summed E-state index contributed by atoms with van der Waals surface area (Å²) < 4.78 is 42.8. The molecular weight excluding hydrogens is 219 g/mol. The Balaban J connectivity index is 2.39. The van der Waals surface area contributed by atoms with E-state index in [0.29, 0.717) is 5.56 Å². The first-order valence-electron chi connectivity index (χ1n) is 4.94. The molecule has 0 aromatic heterocycles. The molecule has 1 aromatic carbocycles. The molecule has 1 fully saturated rings. The molecule has 0 amide bonds. The molecule has 1 aliphatic carbocycles. The van der Waals surface area contributed by atoms with Gasteiger partial charge in [0.05, 0.1) is 12.7 Å². The number of alkyl halides is 3. The highest BCUT2D eigenvalue weighted by Crippen LogP contribution is 2.43. The van der Waals surface area contributed by atoms with E-state index >= 15 is 0 Å². The van der Waals surface area contributed by atoms with Gasteiger partial charge in [-0.25, -0.2) is 0 Å². The zero-order chi connectivity index (χ0) is 11.9. The van der Waals surface area contributed by atoms with E-state index in [1.165, 1.54) is 13.2 Å². The van der Waals surface area contributed by atoms with Gasteiger partial charge in [0.15, 0.2) is 0 Å². The quantitative estimate of drug-likeness (QED) is 0.848. The molecule has 0 bridgehead atoms. The number of hydrogen-bond donors (Lipinski definition) is 1. The molecule has 0 radical (unpaired) electrons. The van der Waals surface area contributed by atoms with Crippen LogP contribution in [0.4, 0.5) is 13.2 Å². The third-order valence-electron chi connectivity index (χ3n) is 2.80. The molecule has 0 saturated heterocycles. The second-order valence-corrected chi connectivity index (χ2v) is 3.96. The number of nitrogens with two attached hydrogens (primary N) is 1. The lowest BCUT2D eigenvalue weighted by atomic mass is 10.1. The maximum Gasteiger partial charge on any atom is 0.419 e. The second kappa shape index (κ2) is 3.66. The normalized spacial score (nSPS) is 24.3. The van der Waals surface area contributed by atoms with Crippen molar-refractivity contribution < 1.29 is 17.9 Å². The Bertz CT molecular complexity index is 403. The van der Waals surface area contributed by atoms with Gasteiger partial charge in [-0.05, 0) is 24.1 Å². The minimum atomic E-state index is -4.39. The van der Waals surface area contributed by atoms with E-state index < -0.39 is 11.7 Å². The summed E-state index contributed by atoms with van der Waals surface area (Å²) in [4.78, 5) is 0. The Hall–Kier alpha value is -1.23. The van der Waals surface area contributed by atoms with E-state index in [9.17, 15) is 13.2 Å². The van der Waals surface area contributed by atoms with Crippen molar-refractivity contribution in [3.63, 3.8) is 0 Å². The summed E-state index contributed by atoms with van der Waals surface area (Å²) in [5, 5.41) is 0. The van der Waals surface area contributed by atoms with Crippen LogP contribution in [0.2, 0.25) is 0 Å². The Morgan fingerprint density at radius 1 is 1.38 bits per heavy atom. The molecule has 1 aliphatic rings. The predicted octanol–water partition coefficient (Wildman–Crippen LogP) is 2.53. The average molecular weight is 231 g/mol. The lowest BCUT2D eigenvalue weighted by molar-refractivity contribution is -0.138. The molecule has 0 heterocycles. The van der Waals surface area contributed by atoms with E-state index in [1.807, 2.05) is 0 Å². The van der Waals surface area contributed by atoms with Crippen LogP contribution >= 0.6 is 0 Å². The monoisotopic (exact) mass is 231 g/mol. The van der Waals surface area contributed by atoms with Crippen LogP contribution in [0.15, 0.2) is 18.2 Å². The van der Waals surface area contributed by atoms with Crippen molar-refractivity contribution in [3.8, 4) is 5.75 Å². The molecule has 2 unspecified atom stereocenters. The van der Waals surface area contributed by atoms with Crippen LogP contribution in [0.25, 0.3) is 0 Å². The zero-order valence-corrected chi connectivity index (χ0v) is 8.71. The minimum absolute atomic E-state index is 0.00511. The van der Waals surface area contributed by atoms with Crippen molar-refractivity contribution in [1.82, 2.24) is 0 Å². The van der Waals surface area contributed by atoms with Crippen molar-refractivity contribution in [2.45, 2.75) is 24.6 Å². The average Bonchev–Trinajstić information content (AvgIpc) is 2.93. The summed E-state index contributed by atoms with van der Waals surface area (Å²) >= 11 is 0. The van der Waals surface area contributed by atoms with Gasteiger partial charge in [0.1, 0.15) is 5.75 Å². The van der Waals surface area contributed by atoms with Crippen molar-refractivity contribution >= 4 is 0 Å². The highest BCUT2D eigenvalue weighted by Gasteiger charge is 2.39. The first kappa shape index (κ1) is 11.3. The smallest absolute Gasteiger partial charge is 0.419 e. The van der Waals surface area contributed by atoms with E-state index in [2.05, 4.69) is 0 Å². The molecule has 0 aliphatic heterocycles. The van der Waals surface area contributed by atoms with Crippen molar-refractivity contribution in [1.29, 1.82) is 0 Å². The van der Waals surface area contributed by atoms with Gasteiger partial charge in [0, 0.05) is 12.0 Å². The summed E-state index contributed by atoms with van der Waals surface area (Å²) in [6.07, 6.45) is -3.63. The third kappa shape index (κ3) is 2.00. The molecule has 5 heteroatoms. The zero-order valence-electron chi connectivity index (χ0n) is 8.71. The molecule has 2 nitrogen and oxygen atoms in total. The highest BCUT2D eigenvalue weighted by molar-refractivity contribution is 5.42. The van der Waals surface area contributed by atoms with Crippen LogP contribution < -0.4 is 10.5 Å². The lowest BCUT2D eigenvalue weighted by Crippen LogP contribution is -2.09. The van der Waals surface area contributed by atoms with Gasteiger partial charge in [0.2, 0.25) is 0 Å². The van der Waals surface area contributed by atoms with Crippen LogP contribution in [0, 0.1) is 0 Å². The van der Waals surface area contributed by atoms with Crippen molar-refractivity contribution in [2.24, 2.45) is 5.73 Å². The van der Waals surface area contributed by atoms with E-state index in [0.717, 1.165) is 12.5 Å². The Labute approximate surface area is 91.2 Å². The third-order valence-corrected chi connectivity index (χ3v) is 2.80. The van der Waals surface area contributed by atoms with Crippen LogP contribution in [-0.4, -0.2) is 13.2 Å². The Morgan fingerprint density at radius 2 is 2.00 bits per heavy atom. The first-order chi connectivity index (χ1) is 7.43. The topological polar surface area (TPSA) is 35.2 Å². The maximum absolute atomic E-state index is 12.7. The number of ether oxygens (including phenoxy) is 1. The van der Waals surface area contributed by atoms with Gasteiger partial charge >= 0.3 is 6.18 Å². The fourth-order valence-corrected chi connectivity index (χ4v) is 1.78. The first-order valence-corrected chi connectivity index (χ1v) is 4.94. The van der Waals surface area contributed by atoms with Crippen molar-refractivity contribution in [3.05, 3.63) is 29.3 Å². The van der Waals surface area contributed by atoms with Gasteiger partial charge in [-0.1, -0.05) is 6.07 Å². The Morgan fingerprint density at radius 3 is 2.44 bits per heavy atom. The van der Waals surface area contributed by atoms with E-state index in [-0.39, 0.29) is 17.7 Å². The summed E-state index contributed by atoms with van der Waals surface area (Å²) in [7, 11) is 1.23. The van der Waals surface area contributed by atoms with E-state index in [1.54, 1.807) is 6.07 Å². The number of rotatable bonds is 2. The molecule has 1 saturated carbocycles. The number of benzene rings is 1. The molecule has 0 spiro atoms. The van der Waals surface area contributed by atoms with Crippen LogP contribution in [-0.2, 0) is 6.18 Å². The van der Waals surface area contributed by atoms with Crippen LogP contribution in [0.3, 0.4) is 0 Å². The predicted molar refractivity (Wildman–Crippen MR) is 53.3 cm³/mol. The summed E-state index contributed by atoms with van der Waals surface area (Å²) in [6.45, 7) is 0. The molecule has 88 valence electrons. The van der Waals surface area contributed by atoms with Crippen molar-refractivity contribution in [2.75, 3.05) is 7.11 Å². The summed E-state index contributed by atoms with van der Waals surface area (Å²) in [6, 6.07) is 4.13. The molecule has 16 heavy (non-hydrogen) atoms. The number of halogens is 3. The van der Waals surface area contributed by atoms with Gasteiger partial charge in [-0.15, -0.1) is 0 Å². The number of hydrogen-bond acceptors (Lipinski definition) is 2. The fourth-order valence-electron chi connectivity index (χ4n) is 1.78. The van der Waals surface area contributed by atoms with Crippen LogP contribution in [0.1, 0.15) is 23.5 Å². The highest BCUT2D eigenvalue weighted by atomic mass is 19.4. The molecule has 2 atom stereocenters. The van der Waals surface area contributed by atoms with E-state index in [4.69, 9.17) is 10.5 Å². The maximum atomic E-state index is 12.7. The lowest BCUT2D eigenvalue weighted by Gasteiger charge is -2.13. The second-order valence-electron chi connectivity index (χ2n) is 3.96. The molecule has 2 N–H and O–H groups in total.